The molecule has 4 rings (SSSR count). The van der Waals surface area contributed by atoms with E-state index in [1.165, 1.54) is 0 Å². The van der Waals surface area contributed by atoms with E-state index in [-0.39, 0.29) is 17.8 Å². The van der Waals surface area contributed by atoms with Crippen molar-refractivity contribution in [3.63, 3.8) is 0 Å². The number of para-hydroxylation sites is 1. The molecule has 1 aromatic carbocycles. The lowest BCUT2D eigenvalue weighted by molar-refractivity contribution is -0.149. The highest BCUT2D eigenvalue weighted by molar-refractivity contribution is 9.10. The molecule has 0 radical (unpaired) electrons. The normalized spacial score (nSPS) is 16.5. The third-order valence-electron chi connectivity index (χ3n) is 5.65. The lowest BCUT2D eigenvalue weighted by Crippen LogP contribution is -2.43. The fourth-order valence-electron chi connectivity index (χ4n) is 4.15. The highest BCUT2D eigenvalue weighted by Gasteiger charge is 2.31. The summed E-state index contributed by atoms with van der Waals surface area (Å²) in [6.07, 6.45) is 1.55. The van der Waals surface area contributed by atoms with Crippen molar-refractivity contribution in [2.24, 2.45) is 5.92 Å². The van der Waals surface area contributed by atoms with Gasteiger partial charge in [0, 0.05) is 24.0 Å². The van der Waals surface area contributed by atoms with Crippen molar-refractivity contribution in [2.45, 2.75) is 26.3 Å². The zero-order valence-electron chi connectivity index (χ0n) is 17.6. The Morgan fingerprint density at radius 3 is 2.87 bits per heavy atom. The van der Waals surface area contributed by atoms with Crippen LogP contribution in [0.5, 0.6) is 5.75 Å². The van der Waals surface area contributed by atoms with Crippen LogP contribution in [0.15, 0.2) is 40.2 Å². The summed E-state index contributed by atoms with van der Waals surface area (Å²) >= 11 is 5.25. The molecule has 31 heavy (non-hydrogen) atoms. The topological polar surface area (TPSA) is 60.8 Å². The summed E-state index contributed by atoms with van der Waals surface area (Å²) in [4.78, 5) is 27.6. The third kappa shape index (κ3) is 4.36. The summed E-state index contributed by atoms with van der Waals surface area (Å²) in [5.41, 5.74) is 2.62. The van der Waals surface area contributed by atoms with Gasteiger partial charge in [-0.1, -0.05) is 18.2 Å². The Morgan fingerprint density at radius 1 is 1.29 bits per heavy atom. The van der Waals surface area contributed by atoms with Gasteiger partial charge in [0.25, 0.3) is 5.91 Å². The van der Waals surface area contributed by atoms with Gasteiger partial charge in [0.2, 0.25) is 0 Å². The maximum absolute atomic E-state index is 13.6. The zero-order chi connectivity index (χ0) is 22.0. The van der Waals surface area contributed by atoms with E-state index in [0.717, 1.165) is 38.8 Å². The van der Waals surface area contributed by atoms with Crippen LogP contribution in [-0.4, -0.2) is 48.1 Å². The van der Waals surface area contributed by atoms with Crippen LogP contribution >= 0.6 is 27.3 Å². The maximum atomic E-state index is 13.6. The van der Waals surface area contributed by atoms with Crippen LogP contribution in [0.4, 0.5) is 0 Å². The van der Waals surface area contributed by atoms with Crippen molar-refractivity contribution in [3.8, 4) is 5.75 Å². The number of aromatic nitrogens is 1. The number of fused-ring (bicyclic) bond motifs is 1. The SMILES string of the molecule is CCOC(=O)[C@H]1CCCN(C(=O)c2cc3scc(Br)c3n2Cc2ccccc2OC)C1. The molecule has 1 amide bonds. The van der Waals surface area contributed by atoms with Gasteiger partial charge in [-0.2, -0.15) is 0 Å². The molecule has 3 aromatic rings. The lowest BCUT2D eigenvalue weighted by atomic mass is 9.98. The first kappa shape index (κ1) is 21.9. The smallest absolute Gasteiger partial charge is 0.310 e. The summed E-state index contributed by atoms with van der Waals surface area (Å²) in [6, 6.07) is 9.79. The molecule has 0 saturated carbocycles. The van der Waals surface area contributed by atoms with Crippen LogP contribution in [0.25, 0.3) is 10.2 Å². The van der Waals surface area contributed by atoms with E-state index in [2.05, 4.69) is 15.9 Å². The van der Waals surface area contributed by atoms with E-state index in [4.69, 9.17) is 9.47 Å². The Balaban J connectivity index is 1.68. The Hall–Kier alpha value is -2.32. The molecule has 0 aliphatic carbocycles. The summed E-state index contributed by atoms with van der Waals surface area (Å²) in [7, 11) is 1.65. The second kappa shape index (κ2) is 9.44. The van der Waals surface area contributed by atoms with Crippen molar-refractivity contribution in [2.75, 3.05) is 26.8 Å². The number of hydrogen-bond acceptors (Lipinski definition) is 5. The van der Waals surface area contributed by atoms with Crippen molar-refractivity contribution < 1.29 is 19.1 Å². The molecular formula is C23H25BrN2O4S. The lowest BCUT2D eigenvalue weighted by Gasteiger charge is -2.31. The molecule has 2 aromatic heterocycles. The van der Waals surface area contributed by atoms with Gasteiger partial charge in [-0.25, -0.2) is 0 Å². The highest BCUT2D eigenvalue weighted by atomic mass is 79.9. The molecule has 164 valence electrons. The monoisotopic (exact) mass is 504 g/mol. The van der Waals surface area contributed by atoms with Crippen molar-refractivity contribution in [1.29, 1.82) is 0 Å². The predicted octanol–water partition coefficient (Wildman–Crippen LogP) is 4.94. The van der Waals surface area contributed by atoms with Crippen molar-refractivity contribution >= 4 is 49.4 Å². The first-order chi connectivity index (χ1) is 15.0. The minimum absolute atomic E-state index is 0.0563. The molecule has 1 atom stereocenters. The predicted molar refractivity (Wildman–Crippen MR) is 125 cm³/mol. The zero-order valence-corrected chi connectivity index (χ0v) is 20.0. The summed E-state index contributed by atoms with van der Waals surface area (Å²) in [5.74, 6) is 0.255. The molecule has 0 N–H and O–H groups in total. The summed E-state index contributed by atoms with van der Waals surface area (Å²) < 4.78 is 14.8. The van der Waals surface area contributed by atoms with E-state index in [0.29, 0.717) is 31.9 Å². The van der Waals surface area contributed by atoms with Gasteiger partial charge in [0.15, 0.2) is 0 Å². The molecular weight excluding hydrogens is 480 g/mol. The van der Waals surface area contributed by atoms with E-state index in [9.17, 15) is 9.59 Å². The number of piperidine rings is 1. The average Bonchev–Trinajstić information content (AvgIpc) is 3.34. The molecule has 0 bridgehead atoms. The number of hydrogen-bond donors (Lipinski definition) is 0. The van der Waals surface area contributed by atoms with Gasteiger partial charge in [-0.15, -0.1) is 11.3 Å². The van der Waals surface area contributed by atoms with E-state index < -0.39 is 0 Å². The molecule has 0 spiro atoms. The molecule has 1 fully saturated rings. The fraction of sp³-hybridized carbons (Fsp3) is 0.391. The minimum Gasteiger partial charge on any atom is -0.496 e. The Kier molecular flexibility index (Phi) is 6.67. The second-order valence-electron chi connectivity index (χ2n) is 7.57. The number of benzene rings is 1. The van der Waals surface area contributed by atoms with Crippen LogP contribution in [0.3, 0.4) is 0 Å². The molecule has 8 heteroatoms. The van der Waals surface area contributed by atoms with Crippen molar-refractivity contribution in [1.82, 2.24) is 9.47 Å². The molecule has 1 saturated heterocycles. The van der Waals surface area contributed by atoms with E-state index in [1.54, 1.807) is 30.3 Å². The van der Waals surface area contributed by atoms with Gasteiger partial charge in [-0.3, -0.25) is 9.59 Å². The molecule has 3 heterocycles. The number of esters is 1. The van der Waals surface area contributed by atoms with Crippen LogP contribution in [0, 0.1) is 5.92 Å². The Bertz CT molecular complexity index is 1110. The molecule has 6 nitrogen and oxygen atoms in total. The van der Waals surface area contributed by atoms with Crippen molar-refractivity contribution in [3.05, 3.63) is 51.4 Å². The number of likely N-dealkylation sites (tertiary alicyclic amines) is 1. The molecule has 1 aliphatic rings. The second-order valence-corrected chi connectivity index (χ2v) is 9.33. The van der Waals surface area contributed by atoms with E-state index in [1.807, 2.05) is 40.3 Å². The maximum Gasteiger partial charge on any atom is 0.310 e. The Morgan fingerprint density at radius 2 is 2.10 bits per heavy atom. The molecule has 1 aliphatic heterocycles. The van der Waals surface area contributed by atoms with Crippen LogP contribution in [0.1, 0.15) is 35.8 Å². The largest absolute Gasteiger partial charge is 0.496 e. The number of carbonyl (C=O) groups is 2. The number of amides is 1. The Labute approximate surface area is 193 Å². The molecule has 0 unspecified atom stereocenters. The van der Waals surface area contributed by atoms with Gasteiger partial charge in [0.1, 0.15) is 11.4 Å². The van der Waals surface area contributed by atoms with Crippen LogP contribution < -0.4 is 4.74 Å². The number of carbonyl (C=O) groups excluding carboxylic acids is 2. The van der Waals surface area contributed by atoms with Gasteiger partial charge < -0.3 is 18.9 Å². The number of nitrogens with zero attached hydrogens (tertiary/aromatic N) is 2. The van der Waals surface area contributed by atoms with Crippen LogP contribution in [0.2, 0.25) is 0 Å². The third-order valence-corrected chi connectivity index (χ3v) is 7.47. The van der Waals surface area contributed by atoms with Gasteiger partial charge in [0.05, 0.1) is 40.9 Å². The number of thiophene rings is 1. The summed E-state index contributed by atoms with van der Waals surface area (Å²) in [5, 5.41) is 2.04. The van der Waals surface area contributed by atoms with Gasteiger partial charge >= 0.3 is 5.97 Å². The number of rotatable bonds is 6. The number of ether oxygens (including phenoxy) is 2. The number of halogens is 1. The quantitative estimate of drug-likeness (QED) is 0.446. The highest BCUT2D eigenvalue weighted by Crippen LogP contribution is 2.35. The van der Waals surface area contributed by atoms with Gasteiger partial charge in [-0.05, 0) is 47.8 Å². The van der Waals surface area contributed by atoms with Crippen LogP contribution in [-0.2, 0) is 16.1 Å². The van der Waals surface area contributed by atoms with E-state index >= 15 is 0 Å². The minimum atomic E-state index is -0.261. The average molecular weight is 505 g/mol. The first-order valence-electron chi connectivity index (χ1n) is 10.4. The first-order valence-corrected chi connectivity index (χ1v) is 12.0. The standard InChI is InChI=1S/C23H25BrN2O4S/c1-3-30-23(28)16-8-6-10-25(12-16)22(27)18-11-20-21(17(24)14-31-20)26(18)13-15-7-4-5-9-19(15)29-2/h4-5,7,9,11,14,16H,3,6,8,10,12-13H2,1-2H3/t16-/m0/s1. The fourth-order valence-corrected chi connectivity index (χ4v) is 5.85. The summed E-state index contributed by atoms with van der Waals surface area (Å²) in [6.45, 7) is 3.71. The number of methoxy groups -OCH3 is 1.